The average molecular weight is 276 g/mol. The van der Waals surface area contributed by atoms with Gasteiger partial charge in [0.05, 0.1) is 0 Å². The van der Waals surface area contributed by atoms with Crippen LogP contribution < -0.4 is 5.73 Å². The third-order valence-electron chi connectivity index (χ3n) is 2.77. The normalized spacial score (nSPS) is 15.4. The second kappa shape index (κ2) is 4.71. The summed E-state index contributed by atoms with van der Waals surface area (Å²) >= 11 is 0. The number of carbonyl (C=O) groups is 1. The lowest BCUT2D eigenvalue weighted by molar-refractivity contribution is -0.141. The molecule has 0 bridgehead atoms. The van der Waals surface area contributed by atoms with Crippen LogP contribution in [-0.2, 0) is 0 Å². The first-order valence-electron chi connectivity index (χ1n) is 5.70. The van der Waals surface area contributed by atoms with Gasteiger partial charge in [-0.05, 0) is 31.0 Å². The van der Waals surface area contributed by atoms with Gasteiger partial charge in [-0.15, -0.1) is 0 Å². The second-order valence-corrected chi connectivity index (χ2v) is 4.55. The Morgan fingerprint density at radius 3 is 2.42 bits per heavy atom. The molecule has 1 amide bonds. The smallest absolute Gasteiger partial charge is 0.399 e. The Kier molecular flexibility index (Phi) is 3.38. The molecule has 1 aromatic rings. The summed E-state index contributed by atoms with van der Waals surface area (Å²) in [5.41, 5.74) is 5.23. The molecule has 0 radical (unpaired) electrons. The van der Waals surface area contributed by atoms with E-state index in [1.54, 1.807) is 0 Å². The summed E-state index contributed by atoms with van der Waals surface area (Å²) in [6.45, 7) is -1.33. The van der Waals surface area contributed by atoms with Crippen molar-refractivity contribution in [3.05, 3.63) is 29.6 Å². The van der Waals surface area contributed by atoms with E-state index in [1.165, 1.54) is 6.07 Å². The number of anilines is 1. The molecule has 2 N–H and O–H groups in total. The minimum Gasteiger partial charge on any atom is -0.399 e. The zero-order valence-electron chi connectivity index (χ0n) is 9.88. The summed E-state index contributed by atoms with van der Waals surface area (Å²) in [6.07, 6.45) is -3.41. The highest BCUT2D eigenvalue weighted by Gasteiger charge is 2.40. The summed E-state index contributed by atoms with van der Waals surface area (Å²) < 4.78 is 50.4. The van der Waals surface area contributed by atoms with E-state index in [4.69, 9.17) is 5.73 Å². The van der Waals surface area contributed by atoms with Gasteiger partial charge in [-0.25, -0.2) is 4.39 Å². The average Bonchev–Trinajstić information content (AvgIpc) is 3.06. The van der Waals surface area contributed by atoms with Crippen LogP contribution in [0.2, 0.25) is 0 Å². The third-order valence-corrected chi connectivity index (χ3v) is 2.77. The van der Waals surface area contributed by atoms with E-state index in [1.807, 2.05) is 0 Å². The van der Waals surface area contributed by atoms with Crippen LogP contribution in [0.4, 0.5) is 23.2 Å². The fourth-order valence-electron chi connectivity index (χ4n) is 1.85. The van der Waals surface area contributed by atoms with Gasteiger partial charge in [0, 0.05) is 17.3 Å². The van der Waals surface area contributed by atoms with Crippen molar-refractivity contribution in [2.24, 2.45) is 0 Å². The molecule has 1 aliphatic rings. The molecule has 0 aliphatic heterocycles. The van der Waals surface area contributed by atoms with Crippen molar-refractivity contribution in [1.29, 1.82) is 0 Å². The van der Waals surface area contributed by atoms with E-state index >= 15 is 0 Å². The lowest BCUT2D eigenvalue weighted by Gasteiger charge is -2.24. The minimum absolute atomic E-state index is 0.00565. The van der Waals surface area contributed by atoms with E-state index in [9.17, 15) is 22.4 Å². The number of hydrogen-bond donors (Lipinski definition) is 1. The van der Waals surface area contributed by atoms with Gasteiger partial charge in [-0.3, -0.25) is 4.79 Å². The van der Waals surface area contributed by atoms with E-state index in [2.05, 4.69) is 0 Å². The van der Waals surface area contributed by atoms with Crippen LogP contribution in [0.15, 0.2) is 18.2 Å². The Morgan fingerprint density at radius 1 is 1.32 bits per heavy atom. The molecular formula is C12H12F4N2O. The highest BCUT2D eigenvalue weighted by molar-refractivity contribution is 5.95. The van der Waals surface area contributed by atoms with Crippen LogP contribution in [0.3, 0.4) is 0 Å². The molecule has 104 valence electrons. The molecule has 3 nitrogen and oxygen atoms in total. The quantitative estimate of drug-likeness (QED) is 0.681. The summed E-state index contributed by atoms with van der Waals surface area (Å²) in [4.78, 5) is 12.7. The van der Waals surface area contributed by atoms with Gasteiger partial charge < -0.3 is 10.6 Å². The number of carbonyl (C=O) groups excluding carboxylic acids is 1. The van der Waals surface area contributed by atoms with Crippen molar-refractivity contribution in [2.45, 2.75) is 25.1 Å². The molecule has 1 fully saturated rings. The number of rotatable bonds is 3. The molecule has 0 atom stereocenters. The zero-order chi connectivity index (χ0) is 14.2. The number of halogens is 4. The van der Waals surface area contributed by atoms with Crippen LogP contribution in [0.5, 0.6) is 0 Å². The monoisotopic (exact) mass is 276 g/mol. The van der Waals surface area contributed by atoms with Crippen LogP contribution in [-0.4, -0.2) is 29.6 Å². The first-order chi connectivity index (χ1) is 8.76. The lowest BCUT2D eigenvalue weighted by Crippen LogP contribution is -2.40. The highest BCUT2D eigenvalue weighted by Crippen LogP contribution is 2.31. The minimum atomic E-state index is -4.48. The van der Waals surface area contributed by atoms with Gasteiger partial charge in [-0.1, -0.05) is 0 Å². The maximum absolute atomic E-state index is 13.1. The fraction of sp³-hybridized carbons (Fsp3) is 0.417. The number of alkyl halides is 3. The molecular weight excluding hydrogens is 264 g/mol. The molecule has 1 aromatic carbocycles. The van der Waals surface area contributed by atoms with Gasteiger partial charge >= 0.3 is 6.18 Å². The van der Waals surface area contributed by atoms with Crippen molar-refractivity contribution >= 4 is 11.6 Å². The van der Waals surface area contributed by atoms with Crippen molar-refractivity contribution < 1.29 is 22.4 Å². The first kappa shape index (κ1) is 13.6. The Balaban J connectivity index is 2.24. The largest absolute Gasteiger partial charge is 0.406 e. The number of nitrogens with zero attached hydrogens (tertiary/aromatic N) is 1. The van der Waals surface area contributed by atoms with Gasteiger partial charge in [-0.2, -0.15) is 13.2 Å². The first-order valence-corrected chi connectivity index (χ1v) is 5.70. The van der Waals surface area contributed by atoms with E-state index < -0.39 is 30.5 Å². The molecule has 19 heavy (non-hydrogen) atoms. The van der Waals surface area contributed by atoms with Gasteiger partial charge in [0.15, 0.2) is 0 Å². The van der Waals surface area contributed by atoms with Crippen molar-refractivity contribution in [1.82, 2.24) is 4.90 Å². The number of nitrogens with two attached hydrogens (primary N) is 1. The molecule has 0 unspecified atom stereocenters. The van der Waals surface area contributed by atoms with Crippen LogP contribution >= 0.6 is 0 Å². The SMILES string of the molecule is Nc1cc(F)cc(C(=O)N(CC(F)(F)F)C2CC2)c1. The Morgan fingerprint density at radius 2 is 1.95 bits per heavy atom. The van der Waals surface area contributed by atoms with Gasteiger partial charge in [0.1, 0.15) is 12.4 Å². The van der Waals surface area contributed by atoms with Gasteiger partial charge in [0.25, 0.3) is 5.91 Å². The predicted molar refractivity (Wildman–Crippen MR) is 60.9 cm³/mol. The van der Waals surface area contributed by atoms with E-state index in [0.29, 0.717) is 12.8 Å². The van der Waals surface area contributed by atoms with Crippen LogP contribution in [0.1, 0.15) is 23.2 Å². The van der Waals surface area contributed by atoms with Crippen molar-refractivity contribution in [3.8, 4) is 0 Å². The lowest BCUT2D eigenvalue weighted by atomic mass is 10.1. The standard InChI is InChI=1S/C12H12F4N2O/c13-8-3-7(4-9(17)5-8)11(19)18(10-1-2-10)6-12(14,15)16/h3-5,10H,1-2,6,17H2. The van der Waals surface area contributed by atoms with E-state index in [0.717, 1.165) is 17.0 Å². The summed E-state index contributed by atoms with van der Waals surface area (Å²) in [5.74, 6) is -1.59. The Bertz CT molecular complexity index is 477. The number of benzene rings is 1. The predicted octanol–water partition coefficient (Wildman–Crippen LogP) is 2.57. The maximum atomic E-state index is 13.1. The maximum Gasteiger partial charge on any atom is 0.406 e. The molecule has 7 heteroatoms. The number of nitrogen functional groups attached to an aromatic ring is 1. The Labute approximate surface area is 107 Å². The third kappa shape index (κ3) is 3.59. The molecule has 0 heterocycles. The topological polar surface area (TPSA) is 46.3 Å². The van der Waals surface area contributed by atoms with Crippen molar-refractivity contribution in [3.63, 3.8) is 0 Å². The molecule has 0 spiro atoms. The Hall–Kier alpha value is -1.79. The number of amides is 1. The van der Waals surface area contributed by atoms with Crippen molar-refractivity contribution in [2.75, 3.05) is 12.3 Å². The molecule has 2 rings (SSSR count). The van der Waals surface area contributed by atoms with Gasteiger partial charge in [0.2, 0.25) is 0 Å². The van der Waals surface area contributed by atoms with Crippen LogP contribution in [0.25, 0.3) is 0 Å². The fourth-order valence-corrected chi connectivity index (χ4v) is 1.85. The summed E-state index contributed by atoms with van der Waals surface area (Å²) in [5, 5.41) is 0. The van der Waals surface area contributed by atoms with E-state index in [-0.39, 0.29) is 11.3 Å². The number of hydrogen-bond acceptors (Lipinski definition) is 2. The zero-order valence-corrected chi connectivity index (χ0v) is 9.88. The van der Waals surface area contributed by atoms with Crippen LogP contribution in [0, 0.1) is 5.82 Å². The molecule has 0 aromatic heterocycles. The molecule has 1 saturated carbocycles. The molecule has 0 saturated heterocycles. The summed E-state index contributed by atoms with van der Waals surface area (Å²) in [6, 6.07) is 2.66. The molecule has 1 aliphatic carbocycles. The highest BCUT2D eigenvalue weighted by atomic mass is 19.4. The summed E-state index contributed by atoms with van der Waals surface area (Å²) in [7, 11) is 0. The second-order valence-electron chi connectivity index (χ2n) is 4.55.